The monoisotopic (exact) mass is 544 g/mol. The van der Waals surface area contributed by atoms with Gasteiger partial charge in [-0.1, -0.05) is 0 Å². The number of amides is 2. The third-order valence-corrected chi connectivity index (χ3v) is 3.84. The molecule has 0 aromatic heterocycles. The van der Waals surface area contributed by atoms with Crippen molar-refractivity contribution in [2.45, 2.75) is 65.6 Å². The van der Waals surface area contributed by atoms with Gasteiger partial charge in [0.05, 0.1) is 65.7 Å². The molecule has 0 aromatic carbocycles. The van der Waals surface area contributed by atoms with Gasteiger partial charge in [-0.15, -0.1) is 0 Å². The van der Waals surface area contributed by atoms with Crippen molar-refractivity contribution >= 4 is 23.8 Å². The van der Waals surface area contributed by atoms with Gasteiger partial charge in [-0.05, 0) is 41.5 Å². The smallest absolute Gasteiger partial charge is 0.308 e. The second-order valence-electron chi connectivity index (χ2n) is 9.88. The van der Waals surface area contributed by atoms with Gasteiger partial charge in [0.25, 0.3) is 11.8 Å². The first-order valence-electron chi connectivity index (χ1n) is 12.6. The minimum Gasteiger partial charge on any atom is -0.460 e. The third-order valence-electron chi connectivity index (χ3n) is 3.84. The second kappa shape index (κ2) is 20.3. The molecule has 12 heteroatoms. The summed E-state index contributed by atoms with van der Waals surface area (Å²) in [6, 6.07) is 0. The zero-order chi connectivity index (χ0) is 28.9. The molecule has 0 saturated carbocycles. The van der Waals surface area contributed by atoms with E-state index in [1.807, 2.05) is 0 Å². The van der Waals surface area contributed by atoms with Crippen molar-refractivity contribution in [3.63, 3.8) is 0 Å². The summed E-state index contributed by atoms with van der Waals surface area (Å²) >= 11 is 0. The molecule has 12 nitrogen and oxygen atoms in total. The number of rotatable bonds is 18. The quantitative estimate of drug-likeness (QED) is 0.144. The van der Waals surface area contributed by atoms with Crippen LogP contribution in [0.5, 0.6) is 0 Å². The van der Waals surface area contributed by atoms with E-state index in [1.165, 1.54) is 0 Å². The van der Waals surface area contributed by atoms with Crippen LogP contribution in [0.25, 0.3) is 0 Å². The van der Waals surface area contributed by atoms with E-state index < -0.39 is 23.0 Å². The van der Waals surface area contributed by atoms with E-state index in [-0.39, 0.29) is 64.3 Å². The average molecular weight is 545 g/mol. The molecule has 0 bridgehead atoms. The fraction of sp³-hybridized carbons (Fsp3) is 0.769. The molecule has 0 rings (SSSR count). The van der Waals surface area contributed by atoms with Crippen molar-refractivity contribution in [2.75, 3.05) is 65.9 Å². The summed E-state index contributed by atoms with van der Waals surface area (Å²) < 4.78 is 31.5. The van der Waals surface area contributed by atoms with Gasteiger partial charge >= 0.3 is 11.9 Å². The first-order valence-corrected chi connectivity index (χ1v) is 12.6. The molecule has 218 valence electrons. The molecule has 0 unspecified atom stereocenters. The Bertz CT molecular complexity index is 714. The van der Waals surface area contributed by atoms with Gasteiger partial charge in [0.15, 0.2) is 0 Å². The SMILES string of the molecule is CC(C)(C)OC(=O)CCOCCOCCNC(=O)C#CC(=O)NCCOCCOCCC(=O)OC(C)(C)C. The van der Waals surface area contributed by atoms with Gasteiger partial charge in [0.1, 0.15) is 11.2 Å². The molecule has 0 aliphatic carbocycles. The number of carbonyl (C=O) groups is 4. The van der Waals surface area contributed by atoms with E-state index in [9.17, 15) is 19.2 Å². The number of ether oxygens (including phenoxy) is 6. The Morgan fingerprint density at radius 3 is 1.16 bits per heavy atom. The number of esters is 2. The molecule has 0 aromatic rings. The molecule has 0 radical (unpaired) electrons. The first kappa shape index (κ1) is 35.3. The summed E-state index contributed by atoms with van der Waals surface area (Å²) in [5.74, 6) is 2.54. The Morgan fingerprint density at radius 1 is 0.526 bits per heavy atom. The van der Waals surface area contributed by atoms with Crippen LogP contribution < -0.4 is 10.6 Å². The molecule has 0 aliphatic rings. The lowest BCUT2D eigenvalue weighted by molar-refractivity contribution is -0.157. The van der Waals surface area contributed by atoms with Gasteiger partial charge in [0, 0.05) is 24.9 Å². The fourth-order valence-corrected chi connectivity index (χ4v) is 2.42. The zero-order valence-electron chi connectivity index (χ0n) is 23.6. The van der Waals surface area contributed by atoms with Gasteiger partial charge in [-0.3, -0.25) is 19.2 Å². The van der Waals surface area contributed by atoms with Crippen LogP contribution >= 0.6 is 0 Å². The Balaban J connectivity index is 3.60. The summed E-state index contributed by atoms with van der Waals surface area (Å²) in [5.41, 5.74) is -1.03. The summed E-state index contributed by atoms with van der Waals surface area (Å²) in [4.78, 5) is 46.3. The number of nitrogens with one attached hydrogen (secondary N) is 2. The molecule has 0 atom stereocenters. The maximum Gasteiger partial charge on any atom is 0.308 e. The summed E-state index contributed by atoms with van der Waals surface area (Å²) in [7, 11) is 0. The lowest BCUT2D eigenvalue weighted by Gasteiger charge is -2.19. The molecule has 2 amide bonds. The van der Waals surface area contributed by atoms with Gasteiger partial charge < -0.3 is 39.1 Å². The normalized spacial score (nSPS) is 11.2. The van der Waals surface area contributed by atoms with Crippen molar-refractivity contribution in [1.29, 1.82) is 0 Å². The van der Waals surface area contributed by atoms with E-state index in [4.69, 9.17) is 28.4 Å². The third kappa shape index (κ3) is 26.3. The lowest BCUT2D eigenvalue weighted by atomic mass is 10.2. The highest BCUT2D eigenvalue weighted by molar-refractivity contribution is 6.02. The second-order valence-corrected chi connectivity index (χ2v) is 9.88. The molecule has 0 spiro atoms. The number of carbonyl (C=O) groups excluding carboxylic acids is 4. The van der Waals surface area contributed by atoms with Crippen molar-refractivity contribution in [2.24, 2.45) is 0 Å². The maximum atomic E-state index is 11.6. The van der Waals surface area contributed by atoms with Crippen LogP contribution in [-0.4, -0.2) is 101 Å². The van der Waals surface area contributed by atoms with Crippen molar-refractivity contribution < 1.29 is 47.6 Å². The first-order chi connectivity index (χ1) is 17.8. The molecule has 0 aliphatic heterocycles. The molecule has 2 N–H and O–H groups in total. The van der Waals surface area contributed by atoms with Gasteiger partial charge in [0.2, 0.25) is 0 Å². The van der Waals surface area contributed by atoms with E-state index in [0.29, 0.717) is 26.4 Å². The van der Waals surface area contributed by atoms with Crippen LogP contribution in [0, 0.1) is 11.8 Å². The molecule has 38 heavy (non-hydrogen) atoms. The Morgan fingerprint density at radius 2 is 0.842 bits per heavy atom. The summed E-state index contributed by atoms with van der Waals surface area (Å²) in [6.45, 7) is 13.5. The predicted molar refractivity (Wildman–Crippen MR) is 138 cm³/mol. The van der Waals surface area contributed by atoms with Gasteiger partial charge in [-0.2, -0.15) is 0 Å². The summed E-state index contributed by atoms with van der Waals surface area (Å²) in [6.07, 6.45) is 0.334. The van der Waals surface area contributed by atoms with Crippen LogP contribution in [0.2, 0.25) is 0 Å². The minimum atomic E-state index is -0.600. The molecule has 0 heterocycles. The van der Waals surface area contributed by atoms with Crippen LogP contribution in [-0.2, 0) is 47.6 Å². The highest BCUT2D eigenvalue weighted by Crippen LogP contribution is 2.08. The topological polar surface area (TPSA) is 148 Å². The van der Waals surface area contributed by atoms with Crippen LogP contribution in [0.3, 0.4) is 0 Å². The largest absolute Gasteiger partial charge is 0.460 e. The van der Waals surface area contributed by atoms with Crippen molar-refractivity contribution in [3.05, 3.63) is 0 Å². The molecular weight excluding hydrogens is 500 g/mol. The molecule has 0 fully saturated rings. The summed E-state index contributed by atoms with van der Waals surface area (Å²) in [5, 5.41) is 5.02. The van der Waals surface area contributed by atoms with E-state index in [2.05, 4.69) is 22.5 Å². The highest BCUT2D eigenvalue weighted by atomic mass is 16.6. The lowest BCUT2D eigenvalue weighted by Crippen LogP contribution is -2.28. The van der Waals surface area contributed by atoms with Crippen LogP contribution in [0.15, 0.2) is 0 Å². The van der Waals surface area contributed by atoms with Crippen LogP contribution in [0.1, 0.15) is 54.4 Å². The predicted octanol–water partition coefficient (Wildman–Crippen LogP) is 0.752. The molecular formula is C26H44N2O10. The van der Waals surface area contributed by atoms with E-state index in [1.54, 1.807) is 41.5 Å². The van der Waals surface area contributed by atoms with Crippen molar-refractivity contribution in [3.8, 4) is 11.8 Å². The van der Waals surface area contributed by atoms with E-state index >= 15 is 0 Å². The van der Waals surface area contributed by atoms with E-state index in [0.717, 1.165) is 0 Å². The average Bonchev–Trinajstić information content (AvgIpc) is 2.78. The van der Waals surface area contributed by atoms with Crippen LogP contribution in [0.4, 0.5) is 0 Å². The highest BCUT2D eigenvalue weighted by Gasteiger charge is 2.16. The Hall–Kier alpha value is -2.72. The maximum absolute atomic E-state index is 11.6. The zero-order valence-corrected chi connectivity index (χ0v) is 23.6. The number of hydrogen-bond donors (Lipinski definition) is 2. The Kier molecular flexibility index (Phi) is 18.8. The standard InChI is InChI=1S/C26H44N2O10/c1-25(2,3)37-23(31)9-13-33-17-19-35-15-11-27-21(29)7-8-22(30)28-12-16-36-20-18-34-14-10-24(32)38-26(4,5)6/h9-20H2,1-6H3,(H,27,29)(H,28,30). The van der Waals surface area contributed by atoms with Crippen molar-refractivity contribution in [1.82, 2.24) is 10.6 Å². The number of hydrogen-bond acceptors (Lipinski definition) is 10. The molecule has 0 saturated heterocycles. The van der Waals surface area contributed by atoms with Gasteiger partial charge in [-0.25, -0.2) is 0 Å². The minimum absolute atomic E-state index is 0.167. The fourth-order valence-electron chi connectivity index (χ4n) is 2.42. The Labute approximate surface area is 225 Å².